The van der Waals surface area contributed by atoms with Crippen molar-refractivity contribution in [2.45, 2.75) is 57.5 Å². The van der Waals surface area contributed by atoms with Gasteiger partial charge in [-0.1, -0.05) is 13.3 Å². The molecule has 11 heteroatoms. The Hall–Kier alpha value is -2.99. The number of anilines is 2. The number of likely N-dealkylation sites (tertiary alicyclic amines) is 1. The number of rotatable bonds is 15. The average molecular weight is 555 g/mol. The van der Waals surface area contributed by atoms with Gasteiger partial charge in [0.15, 0.2) is 17.3 Å². The van der Waals surface area contributed by atoms with Crippen molar-refractivity contribution in [3.63, 3.8) is 0 Å². The fourth-order valence-electron chi connectivity index (χ4n) is 5.44. The van der Waals surface area contributed by atoms with E-state index >= 15 is 0 Å². The fraction of sp³-hybridized carbons (Fsp3) is 0.621. The molecule has 2 aliphatic heterocycles. The molecule has 220 valence electrons. The van der Waals surface area contributed by atoms with Crippen LogP contribution in [0.15, 0.2) is 29.2 Å². The lowest BCUT2D eigenvalue weighted by Gasteiger charge is -2.32. The Morgan fingerprint density at radius 3 is 2.85 bits per heavy atom. The Morgan fingerprint density at radius 2 is 2.05 bits per heavy atom. The molecule has 11 nitrogen and oxygen atoms in total. The molecule has 1 fully saturated rings. The summed E-state index contributed by atoms with van der Waals surface area (Å²) in [6.45, 7) is 8.36. The van der Waals surface area contributed by atoms with E-state index in [0.29, 0.717) is 41.2 Å². The number of fused-ring (bicyclic) bond motifs is 2. The SMILES string of the molecule is CCCC(CCNCCCNC)n1cc2c(nc1=O)Nc1cc(C(=O)NCCN3CCC[C@H](NC)C3)ccc1O2. The number of aromatic nitrogens is 2. The highest BCUT2D eigenvalue weighted by Gasteiger charge is 2.23. The minimum absolute atomic E-state index is 0.0391. The van der Waals surface area contributed by atoms with Crippen LogP contribution in [0.2, 0.25) is 0 Å². The topological polar surface area (TPSA) is 125 Å². The molecule has 1 aromatic heterocycles. The van der Waals surface area contributed by atoms with E-state index in [1.165, 1.54) is 12.8 Å². The molecule has 1 saturated heterocycles. The molecule has 40 heavy (non-hydrogen) atoms. The van der Waals surface area contributed by atoms with Crippen molar-refractivity contribution in [3.05, 3.63) is 40.4 Å². The first kappa shape index (κ1) is 30.0. The van der Waals surface area contributed by atoms with E-state index in [2.05, 4.69) is 43.4 Å². The summed E-state index contributed by atoms with van der Waals surface area (Å²) >= 11 is 0. The molecule has 0 radical (unpaired) electrons. The summed E-state index contributed by atoms with van der Waals surface area (Å²) in [6.07, 6.45) is 7.89. The van der Waals surface area contributed by atoms with E-state index in [1.807, 2.05) is 14.1 Å². The zero-order valence-electron chi connectivity index (χ0n) is 24.2. The number of hydrogen-bond acceptors (Lipinski definition) is 9. The lowest BCUT2D eigenvalue weighted by atomic mass is 10.1. The van der Waals surface area contributed by atoms with Gasteiger partial charge in [0, 0.05) is 37.3 Å². The van der Waals surface area contributed by atoms with Crippen molar-refractivity contribution in [3.8, 4) is 11.5 Å². The summed E-state index contributed by atoms with van der Waals surface area (Å²) in [5, 5.41) is 16.2. The van der Waals surface area contributed by atoms with Crippen molar-refractivity contribution in [2.75, 3.05) is 65.2 Å². The molecular weight excluding hydrogens is 508 g/mol. The van der Waals surface area contributed by atoms with Crippen LogP contribution in [0.5, 0.6) is 11.5 Å². The van der Waals surface area contributed by atoms with E-state index < -0.39 is 0 Å². The Labute approximate surface area is 237 Å². The first-order valence-corrected chi connectivity index (χ1v) is 14.8. The smallest absolute Gasteiger partial charge is 0.350 e. The Balaban J connectivity index is 1.35. The molecule has 0 aliphatic carbocycles. The van der Waals surface area contributed by atoms with E-state index in [9.17, 15) is 9.59 Å². The molecule has 5 N–H and O–H groups in total. The molecule has 2 atom stereocenters. The standard InChI is InChI=1S/C29H46N8O3/c1-4-7-23(11-14-32-13-6-12-30-2)37-20-26-27(35-29(37)39)34-24-18-21(9-10-25(24)40-26)28(38)33-15-17-36-16-5-8-22(19-36)31-3/h9-10,18,20,22-23,30-32H,4-8,11-17,19H2,1-3H3,(H,33,38)(H,34,35,39)/t22-,23?/m0/s1. The van der Waals surface area contributed by atoms with Crippen molar-refractivity contribution >= 4 is 17.4 Å². The maximum atomic E-state index is 13.0. The molecule has 3 heterocycles. The van der Waals surface area contributed by atoms with Gasteiger partial charge in [-0.3, -0.25) is 9.36 Å². The van der Waals surface area contributed by atoms with Crippen molar-refractivity contribution in [1.29, 1.82) is 0 Å². The van der Waals surface area contributed by atoms with Crippen molar-refractivity contribution in [1.82, 2.24) is 35.7 Å². The zero-order chi connectivity index (χ0) is 28.3. The lowest BCUT2D eigenvalue weighted by Crippen LogP contribution is -2.46. The summed E-state index contributed by atoms with van der Waals surface area (Å²) in [6, 6.07) is 5.86. The molecular formula is C29H46N8O3. The number of carbonyl (C=O) groups excluding carboxylic acids is 1. The first-order valence-electron chi connectivity index (χ1n) is 14.8. The summed E-state index contributed by atoms with van der Waals surface area (Å²) in [7, 11) is 3.96. The largest absolute Gasteiger partial charge is 0.450 e. The van der Waals surface area contributed by atoms with Crippen LogP contribution in [0.3, 0.4) is 0 Å². The normalized spacial score (nSPS) is 17.3. The summed E-state index contributed by atoms with van der Waals surface area (Å²) in [5.41, 5.74) is 0.844. The predicted octanol–water partition coefficient (Wildman–Crippen LogP) is 2.44. The highest BCUT2D eigenvalue weighted by molar-refractivity contribution is 5.96. The second kappa shape index (κ2) is 15.1. The zero-order valence-corrected chi connectivity index (χ0v) is 24.2. The van der Waals surface area contributed by atoms with Gasteiger partial charge in [0.25, 0.3) is 5.91 Å². The maximum absolute atomic E-state index is 13.0. The highest BCUT2D eigenvalue weighted by atomic mass is 16.5. The number of carbonyl (C=O) groups is 1. The molecule has 0 spiro atoms. The molecule has 1 amide bonds. The van der Waals surface area contributed by atoms with Gasteiger partial charge in [-0.25, -0.2) is 4.79 Å². The summed E-state index contributed by atoms with van der Waals surface area (Å²) in [4.78, 5) is 32.5. The number of amides is 1. The van der Waals surface area contributed by atoms with Crippen LogP contribution >= 0.6 is 0 Å². The highest BCUT2D eigenvalue weighted by Crippen LogP contribution is 2.40. The van der Waals surface area contributed by atoms with Crippen LogP contribution in [-0.2, 0) is 0 Å². The van der Waals surface area contributed by atoms with Gasteiger partial charge in [-0.2, -0.15) is 4.98 Å². The van der Waals surface area contributed by atoms with E-state index in [-0.39, 0.29) is 17.6 Å². The maximum Gasteiger partial charge on any atom is 0.350 e. The van der Waals surface area contributed by atoms with Crippen LogP contribution < -0.4 is 37.0 Å². The molecule has 0 saturated carbocycles. The van der Waals surface area contributed by atoms with Gasteiger partial charge >= 0.3 is 5.69 Å². The van der Waals surface area contributed by atoms with Crippen LogP contribution in [0.4, 0.5) is 11.5 Å². The van der Waals surface area contributed by atoms with Crippen LogP contribution in [-0.4, -0.2) is 86.3 Å². The average Bonchev–Trinajstić information content (AvgIpc) is 2.97. The predicted molar refractivity (Wildman–Crippen MR) is 159 cm³/mol. The number of piperidine rings is 1. The molecule has 4 rings (SSSR count). The van der Waals surface area contributed by atoms with E-state index in [1.54, 1.807) is 29.0 Å². The Morgan fingerprint density at radius 1 is 1.18 bits per heavy atom. The number of likely N-dealkylation sites (N-methyl/N-ethyl adjacent to an activating group) is 1. The third-order valence-corrected chi connectivity index (χ3v) is 7.71. The third kappa shape index (κ3) is 8.03. The van der Waals surface area contributed by atoms with Crippen LogP contribution in [0.25, 0.3) is 0 Å². The molecule has 0 bridgehead atoms. The van der Waals surface area contributed by atoms with Gasteiger partial charge in [-0.15, -0.1) is 0 Å². The summed E-state index contributed by atoms with van der Waals surface area (Å²) in [5.74, 6) is 1.34. The minimum atomic E-state index is -0.306. The monoisotopic (exact) mass is 554 g/mol. The number of benzene rings is 1. The van der Waals surface area contributed by atoms with Gasteiger partial charge < -0.3 is 36.2 Å². The van der Waals surface area contributed by atoms with Gasteiger partial charge in [0.2, 0.25) is 0 Å². The van der Waals surface area contributed by atoms with Crippen molar-refractivity contribution < 1.29 is 9.53 Å². The third-order valence-electron chi connectivity index (χ3n) is 7.71. The number of hydrogen-bond donors (Lipinski definition) is 5. The van der Waals surface area contributed by atoms with E-state index in [4.69, 9.17) is 4.74 Å². The molecule has 2 aliphatic rings. The quantitative estimate of drug-likeness (QED) is 0.180. The van der Waals surface area contributed by atoms with Crippen LogP contribution in [0, 0.1) is 0 Å². The molecule has 2 aromatic rings. The Kier molecular flexibility index (Phi) is 11.3. The first-order chi connectivity index (χ1) is 19.5. The fourth-order valence-corrected chi connectivity index (χ4v) is 5.44. The number of ether oxygens (including phenoxy) is 1. The van der Waals surface area contributed by atoms with Crippen molar-refractivity contribution in [2.24, 2.45) is 0 Å². The van der Waals surface area contributed by atoms with Gasteiger partial charge in [-0.05, 0) is 90.6 Å². The lowest BCUT2D eigenvalue weighted by molar-refractivity contribution is 0.0945. The van der Waals surface area contributed by atoms with Gasteiger partial charge in [0.05, 0.1) is 11.9 Å². The summed E-state index contributed by atoms with van der Waals surface area (Å²) < 4.78 is 7.84. The van der Waals surface area contributed by atoms with Crippen LogP contribution in [0.1, 0.15) is 61.8 Å². The molecule has 1 unspecified atom stereocenters. The Bertz CT molecular complexity index is 1170. The minimum Gasteiger partial charge on any atom is -0.450 e. The second-order valence-electron chi connectivity index (χ2n) is 10.7. The van der Waals surface area contributed by atoms with E-state index in [0.717, 1.165) is 65.0 Å². The second-order valence-corrected chi connectivity index (χ2v) is 10.7. The molecule has 1 aromatic carbocycles. The number of nitrogens with zero attached hydrogens (tertiary/aromatic N) is 3. The number of nitrogens with one attached hydrogen (secondary N) is 5. The van der Waals surface area contributed by atoms with Gasteiger partial charge in [0.1, 0.15) is 0 Å².